The molecule has 71 heavy (non-hydrogen) atoms. The number of hydrogen-bond acceptors (Lipinski definition) is 18. The van der Waals surface area contributed by atoms with E-state index >= 15 is 0 Å². The Hall–Kier alpha value is -2.40. The average molecular weight is 1010 g/mol. The zero-order chi connectivity index (χ0) is 52.4. The van der Waals surface area contributed by atoms with Gasteiger partial charge >= 0.3 is 11.9 Å². The summed E-state index contributed by atoms with van der Waals surface area (Å²) in [5, 5.41) is 60.6. The van der Waals surface area contributed by atoms with Gasteiger partial charge < -0.3 is 77.6 Å². The number of esters is 2. The van der Waals surface area contributed by atoms with Crippen LogP contribution in [0.25, 0.3) is 0 Å². The highest BCUT2D eigenvalue weighted by Crippen LogP contribution is 2.71. The van der Waals surface area contributed by atoms with Crippen LogP contribution < -0.4 is 0 Å². The fourth-order valence-corrected chi connectivity index (χ4v) is 13.8. The normalized spacial score (nSPS) is 48.7. The number of fused-ring (bicyclic) bond motifs is 5. The topological polar surface area (TPSA) is 237 Å². The lowest BCUT2D eigenvalue weighted by Gasteiger charge is -2.67. The van der Waals surface area contributed by atoms with Gasteiger partial charge in [0.25, 0.3) is 0 Å². The fraction of sp³-hybridized carbons (Fsp3) is 0.849. The Morgan fingerprint density at radius 2 is 1.44 bits per heavy atom. The molecule has 6 fully saturated rings. The summed E-state index contributed by atoms with van der Waals surface area (Å²) in [6.45, 7) is 19.4. The van der Waals surface area contributed by atoms with Gasteiger partial charge in [-0.25, -0.2) is 9.59 Å². The largest absolute Gasteiger partial charge is 0.458 e. The van der Waals surface area contributed by atoms with Gasteiger partial charge in [0.05, 0.1) is 42.0 Å². The van der Waals surface area contributed by atoms with Gasteiger partial charge in [0.2, 0.25) is 0 Å². The molecule has 0 spiro atoms. The van der Waals surface area contributed by atoms with Crippen molar-refractivity contribution in [3.05, 3.63) is 34.9 Å². The number of rotatable bonds is 14. The third-order valence-electron chi connectivity index (χ3n) is 18.5. The summed E-state index contributed by atoms with van der Waals surface area (Å²) in [5.41, 5.74) is -6.10. The first-order valence-electron chi connectivity index (χ1n) is 25.7. The van der Waals surface area contributed by atoms with E-state index in [0.29, 0.717) is 43.3 Å². The monoisotopic (exact) mass is 1010 g/mol. The van der Waals surface area contributed by atoms with Crippen molar-refractivity contribution < 1.29 is 87.2 Å². The molecule has 0 amide bonds. The highest BCUT2D eigenvalue weighted by Gasteiger charge is 2.81. The van der Waals surface area contributed by atoms with Gasteiger partial charge in [0, 0.05) is 51.2 Å². The van der Waals surface area contributed by atoms with Gasteiger partial charge in [0.1, 0.15) is 59.5 Å². The minimum Gasteiger partial charge on any atom is -0.458 e. The number of ether oxygens (including phenoxy) is 11. The van der Waals surface area contributed by atoms with Crippen LogP contribution in [0.4, 0.5) is 0 Å². The Morgan fingerprint density at radius 3 is 2.07 bits per heavy atom. The molecule has 3 heterocycles. The average Bonchev–Trinajstić information content (AvgIpc) is 3.56. The molecule has 0 aromatic rings. The molecule has 22 atom stereocenters. The first-order chi connectivity index (χ1) is 33.2. The van der Waals surface area contributed by atoms with Crippen LogP contribution in [0.2, 0.25) is 0 Å². The molecule has 5 N–H and O–H groups in total. The molecule has 0 aromatic carbocycles. The van der Waals surface area contributed by atoms with Crippen LogP contribution >= 0.6 is 0 Å². The molecule has 3 aliphatic heterocycles. The molecule has 7 aliphatic rings. The van der Waals surface area contributed by atoms with Crippen molar-refractivity contribution in [2.45, 2.75) is 248 Å². The Balaban J connectivity index is 1.05. The molecule has 7 rings (SSSR count). The van der Waals surface area contributed by atoms with E-state index in [4.69, 9.17) is 52.1 Å². The van der Waals surface area contributed by atoms with Crippen LogP contribution in [0.3, 0.4) is 0 Å². The zero-order valence-corrected chi connectivity index (χ0v) is 44.4. The molecule has 4 aliphatic carbocycles. The number of hydrogen-bond donors (Lipinski definition) is 5. The van der Waals surface area contributed by atoms with Crippen molar-refractivity contribution in [1.29, 1.82) is 0 Å². The van der Waals surface area contributed by atoms with Crippen molar-refractivity contribution in [2.75, 3.05) is 21.3 Å². The minimum atomic E-state index is -1.96. The minimum absolute atomic E-state index is 0.00996. The summed E-state index contributed by atoms with van der Waals surface area (Å²) in [5.74, 6) is -2.86. The van der Waals surface area contributed by atoms with E-state index in [9.17, 15) is 35.1 Å². The van der Waals surface area contributed by atoms with Crippen LogP contribution in [-0.4, -0.2) is 173 Å². The highest BCUT2D eigenvalue weighted by molar-refractivity contribution is 5.88. The molecule has 0 bridgehead atoms. The number of carbonyl (C=O) groups is 2. The fourth-order valence-electron chi connectivity index (χ4n) is 13.8. The summed E-state index contributed by atoms with van der Waals surface area (Å²) >= 11 is 0. The SMILES string of the molecule is C/C=C(/C)C(=O)O[C@@H]1CC2[C@@]3(C)CC[C@H](OC4(C)CC(OC)C(OC5CC(OC)C(OC6OC(C)C(O)C(OC)C6O)C(C)O5)C(C)O4)CC3=CC[C@@]2(O)[C@@]2(O)CC[C@@](O)(C(C)OC(=O)/C(C)=C/C)[C@@]12C. The van der Waals surface area contributed by atoms with Crippen molar-refractivity contribution in [3.63, 3.8) is 0 Å². The lowest BCUT2D eigenvalue weighted by atomic mass is 9.42. The summed E-state index contributed by atoms with van der Waals surface area (Å²) in [7, 11) is 4.61. The predicted molar refractivity (Wildman–Crippen MR) is 255 cm³/mol. The van der Waals surface area contributed by atoms with Crippen molar-refractivity contribution in [2.24, 2.45) is 16.7 Å². The smallest absolute Gasteiger partial charge is 0.333 e. The molecule has 0 radical (unpaired) electrons. The van der Waals surface area contributed by atoms with E-state index in [1.807, 2.05) is 26.8 Å². The first kappa shape index (κ1) is 56.3. The van der Waals surface area contributed by atoms with E-state index in [1.165, 1.54) is 7.11 Å². The van der Waals surface area contributed by atoms with E-state index in [-0.39, 0.29) is 31.8 Å². The maximum absolute atomic E-state index is 13.7. The number of aliphatic hydroxyl groups is 5. The second-order valence-electron chi connectivity index (χ2n) is 22.2. The summed E-state index contributed by atoms with van der Waals surface area (Å²) < 4.78 is 68.2. The number of carbonyl (C=O) groups excluding carboxylic acids is 2. The maximum Gasteiger partial charge on any atom is 0.333 e. The van der Waals surface area contributed by atoms with Gasteiger partial charge in [-0.2, -0.15) is 0 Å². The molecule has 18 heteroatoms. The van der Waals surface area contributed by atoms with E-state index in [2.05, 4.69) is 6.92 Å². The molecule has 18 nitrogen and oxygen atoms in total. The Bertz CT molecular complexity index is 2030. The van der Waals surface area contributed by atoms with Crippen molar-refractivity contribution in [1.82, 2.24) is 0 Å². The van der Waals surface area contributed by atoms with Gasteiger partial charge in [0.15, 0.2) is 18.4 Å². The third kappa shape index (κ3) is 9.54. The maximum atomic E-state index is 13.7. The van der Waals surface area contributed by atoms with E-state index < -0.39 is 137 Å². The van der Waals surface area contributed by atoms with Gasteiger partial charge in [-0.3, -0.25) is 0 Å². The zero-order valence-electron chi connectivity index (χ0n) is 44.4. The van der Waals surface area contributed by atoms with Crippen molar-refractivity contribution in [3.8, 4) is 0 Å². The quantitative estimate of drug-likeness (QED) is 0.0907. The Labute approximate surface area is 419 Å². The third-order valence-corrected chi connectivity index (χ3v) is 18.5. The first-order valence-corrected chi connectivity index (χ1v) is 25.7. The van der Waals surface area contributed by atoms with E-state index in [0.717, 1.165) is 5.57 Å². The van der Waals surface area contributed by atoms with Crippen molar-refractivity contribution >= 4 is 11.9 Å². The molecule has 0 aromatic heterocycles. The van der Waals surface area contributed by atoms with Crippen LogP contribution in [0.15, 0.2) is 34.9 Å². The molecule has 3 saturated heterocycles. The Morgan fingerprint density at radius 1 is 0.789 bits per heavy atom. The number of allylic oxidation sites excluding steroid dienone is 2. The van der Waals surface area contributed by atoms with Gasteiger partial charge in [-0.1, -0.05) is 37.6 Å². The predicted octanol–water partition coefficient (Wildman–Crippen LogP) is 4.62. The molecule has 15 unspecified atom stereocenters. The number of aliphatic hydroxyl groups excluding tert-OH is 2. The van der Waals surface area contributed by atoms with Gasteiger partial charge in [-0.15, -0.1) is 0 Å². The standard InChI is InChI=1S/C53H84O18/c1-15-27(3)45(56)66-32(8)51(58)21-22-53(60)50(51,11)38(67-46(57)28(4)16-2)25-37-48(9)19-18-34(23-33(48)17-20-52(37,53)59)71-49(10)26-36(62-13)43(31(7)70-49)68-39-24-35(61-12)42(30(6)64-39)69-47-41(55)44(63-14)40(54)29(5)65-47/h15-17,29-32,34-44,47,54-55,58-60H,18-26H2,1-14H3/b27-15+,28-16-/t29?,30?,31?,32?,34-,35?,36?,37?,38+,39?,40?,41?,42?,43?,44?,47?,48-,49?,50+,51+,52-,53+/m0/s1. The molecule has 3 saturated carbocycles. The Kier molecular flexibility index (Phi) is 16.6. The van der Waals surface area contributed by atoms with Crippen LogP contribution in [0.1, 0.15) is 134 Å². The highest BCUT2D eigenvalue weighted by atomic mass is 16.8. The van der Waals surface area contributed by atoms with Crippen LogP contribution in [0, 0.1) is 16.7 Å². The lowest BCUT2D eigenvalue weighted by molar-refractivity contribution is -0.364. The van der Waals surface area contributed by atoms with Crippen LogP contribution in [0.5, 0.6) is 0 Å². The summed E-state index contributed by atoms with van der Waals surface area (Å²) in [4.78, 5) is 26.7. The van der Waals surface area contributed by atoms with Gasteiger partial charge in [-0.05, 0) is 113 Å². The second kappa shape index (κ2) is 21.0. The van der Waals surface area contributed by atoms with Crippen LogP contribution in [-0.2, 0) is 61.7 Å². The summed E-state index contributed by atoms with van der Waals surface area (Å²) in [6, 6.07) is 0. The molecule has 404 valence electrons. The number of methoxy groups -OCH3 is 3. The molecular weight excluding hydrogens is 925 g/mol. The lowest BCUT2D eigenvalue weighted by Crippen LogP contribution is -2.78. The molecular formula is C53H84O18. The summed E-state index contributed by atoms with van der Waals surface area (Å²) in [6.07, 6.45) is -3.48. The van der Waals surface area contributed by atoms with E-state index in [1.54, 1.807) is 74.8 Å². The second-order valence-corrected chi connectivity index (χ2v) is 22.2.